The maximum atomic E-state index is 5.42. The molecule has 0 amide bonds. The minimum absolute atomic E-state index is 0.540. The Balaban J connectivity index is 1.77. The molecular weight excluding hydrogens is 226 g/mol. The van der Waals surface area contributed by atoms with Gasteiger partial charge in [0.2, 0.25) is 0 Å². The predicted octanol–water partition coefficient (Wildman–Crippen LogP) is 3.13. The molecule has 0 fully saturated rings. The summed E-state index contributed by atoms with van der Waals surface area (Å²) in [4.78, 5) is 0. The molecule has 1 aromatic carbocycles. The molecule has 1 N–H and O–H groups in total. The van der Waals surface area contributed by atoms with Crippen molar-refractivity contribution in [2.45, 2.75) is 13.1 Å². The lowest BCUT2D eigenvalue weighted by molar-refractivity contribution is 0.363. The second kappa shape index (κ2) is 6.67. The van der Waals surface area contributed by atoms with Crippen molar-refractivity contribution in [3.63, 3.8) is 0 Å². The maximum Gasteiger partial charge on any atom is 0.119 e. The Morgan fingerprint density at radius 3 is 2.56 bits per heavy atom. The van der Waals surface area contributed by atoms with E-state index in [1.807, 2.05) is 18.2 Å². The van der Waals surface area contributed by atoms with Crippen LogP contribution in [0.5, 0.6) is 5.75 Å². The summed E-state index contributed by atoms with van der Waals surface area (Å²) < 4.78 is 10.4. The topological polar surface area (TPSA) is 34.4 Å². The van der Waals surface area contributed by atoms with Gasteiger partial charge in [-0.05, 0) is 23.8 Å². The van der Waals surface area contributed by atoms with Crippen molar-refractivity contribution in [3.05, 3.63) is 66.6 Å². The van der Waals surface area contributed by atoms with Crippen LogP contribution in [-0.4, -0.2) is 6.61 Å². The minimum atomic E-state index is 0.540. The van der Waals surface area contributed by atoms with E-state index in [9.17, 15) is 0 Å². The normalized spacial score (nSPS) is 10.2. The van der Waals surface area contributed by atoms with Gasteiger partial charge in [0.15, 0.2) is 0 Å². The molecule has 0 aliphatic carbocycles. The zero-order valence-corrected chi connectivity index (χ0v) is 10.3. The summed E-state index contributed by atoms with van der Waals surface area (Å²) >= 11 is 0. The molecule has 0 saturated heterocycles. The number of benzene rings is 1. The quantitative estimate of drug-likeness (QED) is 0.759. The van der Waals surface area contributed by atoms with Gasteiger partial charge in [-0.1, -0.05) is 24.8 Å². The van der Waals surface area contributed by atoms with E-state index in [0.717, 1.165) is 24.4 Å². The second-order valence-corrected chi connectivity index (χ2v) is 3.98. The largest absolute Gasteiger partial charge is 0.490 e. The van der Waals surface area contributed by atoms with Gasteiger partial charge in [0, 0.05) is 18.7 Å². The Hall–Kier alpha value is -2.00. The van der Waals surface area contributed by atoms with Crippen LogP contribution >= 0.6 is 0 Å². The summed E-state index contributed by atoms with van der Waals surface area (Å²) in [5, 5.41) is 3.35. The lowest BCUT2D eigenvalue weighted by Crippen LogP contribution is -2.11. The third kappa shape index (κ3) is 3.79. The van der Waals surface area contributed by atoms with Gasteiger partial charge in [-0.15, -0.1) is 0 Å². The van der Waals surface area contributed by atoms with Crippen LogP contribution in [0.4, 0.5) is 0 Å². The first-order valence-corrected chi connectivity index (χ1v) is 5.93. The van der Waals surface area contributed by atoms with E-state index in [1.165, 1.54) is 5.56 Å². The molecule has 0 aliphatic heterocycles. The molecule has 0 unspecified atom stereocenters. The van der Waals surface area contributed by atoms with E-state index in [2.05, 4.69) is 24.0 Å². The summed E-state index contributed by atoms with van der Waals surface area (Å²) in [5.41, 5.74) is 2.38. The van der Waals surface area contributed by atoms with Crippen LogP contribution in [0.2, 0.25) is 0 Å². The number of hydrogen-bond acceptors (Lipinski definition) is 3. The lowest BCUT2D eigenvalue weighted by atomic mass is 10.2. The molecule has 94 valence electrons. The summed E-state index contributed by atoms with van der Waals surface area (Å²) in [7, 11) is 0. The number of furan rings is 1. The van der Waals surface area contributed by atoms with Crippen LogP contribution in [-0.2, 0) is 13.1 Å². The Morgan fingerprint density at radius 1 is 1.11 bits per heavy atom. The van der Waals surface area contributed by atoms with Gasteiger partial charge in [-0.25, -0.2) is 0 Å². The lowest BCUT2D eigenvalue weighted by Gasteiger charge is -2.06. The molecule has 0 saturated carbocycles. The fraction of sp³-hybridized carbons (Fsp3) is 0.200. The molecule has 0 aliphatic rings. The van der Waals surface area contributed by atoms with E-state index < -0.39 is 0 Å². The second-order valence-electron chi connectivity index (χ2n) is 3.98. The van der Waals surface area contributed by atoms with Gasteiger partial charge < -0.3 is 14.5 Å². The van der Waals surface area contributed by atoms with Crippen LogP contribution in [0.1, 0.15) is 11.1 Å². The highest BCUT2D eigenvalue weighted by Gasteiger charge is 1.96. The highest BCUT2D eigenvalue weighted by atomic mass is 16.5. The molecule has 18 heavy (non-hydrogen) atoms. The standard InChI is InChI=1S/C15H17NO2/c1-2-8-18-15-5-3-13(4-6-15)10-16-11-14-7-9-17-12-14/h2-7,9,12,16H,1,8,10-11H2. The maximum absolute atomic E-state index is 5.42. The fourth-order valence-electron chi connectivity index (χ4n) is 1.60. The highest BCUT2D eigenvalue weighted by molar-refractivity contribution is 5.27. The summed E-state index contributed by atoms with van der Waals surface area (Å²) in [6.07, 6.45) is 5.17. The third-order valence-electron chi connectivity index (χ3n) is 2.53. The first kappa shape index (κ1) is 12.5. The van der Waals surface area contributed by atoms with Crippen LogP contribution in [0, 0.1) is 0 Å². The zero-order valence-electron chi connectivity index (χ0n) is 10.3. The molecular formula is C15H17NO2. The van der Waals surface area contributed by atoms with Gasteiger partial charge in [-0.2, -0.15) is 0 Å². The van der Waals surface area contributed by atoms with Gasteiger partial charge in [0.1, 0.15) is 12.4 Å². The van der Waals surface area contributed by atoms with Crippen molar-refractivity contribution in [3.8, 4) is 5.75 Å². The van der Waals surface area contributed by atoms with Gasteiger partial charge in [-0.3, -0.25) is 0 Å². The van der Waals surface area contributed by atoms with E-state index >= 15 is 0 Å². The van der Waals surface area contributed by atoms with E-state index in [1.54, 1.807) is 18.6 Å². The molecule has 0 bridgehead atoms. The molecule has 0 spiro atoms. The Bertz CT molecular complexity index is 460. The molecule has 2 rings (SSSR count). The number of hydrogen-bond donors (Lipinski definition) is 1. The smallest absolute Gasteiger partial charge is 0.119 e. The van der Waals surface area contributed by atoms with Crippen molar-refractivity contribution in [1.29, 1.82) is 0 Å². The number of nitrogens with one attached hydrogen (secondary N) is 1. The Kier molecular flexibility index (Phi) is 4.61. The van der Waals surface area contributed by atoms with E-state index in [4.69, 9.17) is 9.15 Å². The average molecular weight is 243 g/mol. The summed E-state index contributed by atoms with van der Waals surface area (Å²) in [6, 6.07) is 10.0. The van der Waals surface area contributed by atoms with Crippen LogP contribution in [0.25, 0.3) is 0 Å². The number of rotatable bonds is 7. The zero-order chi connectivity index (χ0) is 12.6. The summed E-state index contributed by atoms with van der Waals surface area (Å²) in [6.45, 7) is 5.79. The van der Waals surface area contributed by atoms with Crippen LogP contribution in [0.15, 0.2) is 59.9 Å². The predicted molar refractivity (Wildman–Crippen MR) is 71.4 cm³/mol. The Morgan fingerprint density at radius 2 is 1.89 bits per heavy atom. The molecule has 0 radical (unpaired) electrons. The molecule has 1 aromatic heterocycles. The van der Waals surface area contributed by atoms with Gasteiger partial charge in [0.05, 0.1) is 12.5 Å². The van der Waals surface area contributed by atoms with E-state index in [0.29, 0.717) is 6.61 Å². The minimum Gasteiger partial charge on any atom is -0.490 e. The van der Waals surface area contributed by atoms with Crippen molar-refractivity contribution < 1.29 is 9.15 Å². The molecule has 3 nitrogen and oxygen atoms in total. The number of ether oxygens (including phenoxy) is 1. The third-order valence-corrected chi connectivity index (χ3v) is 2.53. The van der Waals surface area contributed by atoms with Crippen molar-refractivity contribution >= 4 is 0 Å². The van der Waals surface area contributed by atoms with Gasteiger partial charge in [0.25, 0.3) is 0 Å². The van der Waals surface area contributed by atoms with Crippen LogP contribution in [0.3, 0.4) is 0 Å². The van der Waals surface area contributed by atoms with Crippen molar-refractivity contribution in [2.75, 3.05) is 6.61 Å². The first-order chi connectivity index (χ1) is 8.88. The SMILES string of the molecule is C=CCOc1ccc(CNCc2ccoc2)cc1. The monoisotopic (exact) mass is 243 g/mol. The Labute approximate surface area is 107 Å². The average Bonchev–Trinajstić information content (AvgIpc) is 2.91. The van der Waals surface area contributed by atoms with Crippen molar-refractivity contribution in [2.24, 2.45) is 0 Å². The van der Waals surface area contributed by atoms with Gasteiger partial charge >= 0.3 is 0 Å². The fourth-order valence-corrected chi connectivity index (χ4v) is 1.60. The van der Waals surface area contributed by atoms with Crippen molar-refractivity contribution in [1.82, 2.24) is 5.32 Å². The highest BCUT2D eigenvalue weighted by Crippen LogP contribution is 2.12. The molecule has 0 atom stereocenters. The molecule has 3 heteroatoms. The molecule has 1 heterocycles. The summed E-state index contributed by atoms with van der Waals surface area (Å²) in [5.74, 6) is 0.869. The van der Waals surface area contributed by atoms with Crippen LogP contribution < -0.4 is 10.1 Å². The molecule has 2 aromatic rings. The van der Waals surface area contributed by atoms with E-state index in [-0.39, 0.29) is 0 Å². The first-order valence-electron chi connectivity index (χ1n) is 5.93.